The van der Waals surface area contributed by atoms with Crippen LogP contribution in [0.2, 0.25) is 0 Å². The van der Waals surface area contributed by atoms with Crippen LogP contribution >= 0.6 is 0 Å². The number of benzene rings is 1. The molecule has 0 spiro atoms. The molecule has 26 heavy (non-hydrogen) atoms. The van der Waals surface area contributed by atoms with Gasteiger partial charge in [-0.1, -0.05) is 6.07 Å². The van der Waals surface area contributed by atoms with E-state index < -0.39 is 5.41 Å². The zero-order valence-electron chi connectivity index (χ0n) is 14.6. The Hall–Kier alpha value is -3.06. The van der Waals surface area contributed by atoms with Crippen LogP contribution in [0, 0.1) is 10.8 Å². The van der Waals surface area contributed by atoms with Crippen LogP contribution in [0.5, 0.6) is 0 Å². The van der Waals surface area contributed by atoms with Gasteiger partial charge in [-0.15, -0.1) is 0 Å². The zero-order chi connectivity index (χ0) is 18.9. The van der Waals surface area contributed by atoms with Crippen LogP contribution in [0.15, 0.2) is 42.7 Å². The van der Waals surface area contributed by atoms with E-state index in [0.29, 0.717) is 16.8 Å². The Kier molecular flexibility index (Phi) is 4.56. The molecule has 0 saturated carbocycles. The van der Waals surface area contributed by atoms with Crippen LogP contribution in [-0.4, -0.2) is 40.9 Å². The van der Waals surface area contributed by atoms with Crippen LogP contribution in [0.3, 0.4) is 0 Å². The fourth-order valence-corrected chi connectivity index (χ4v) is 3.03. The van der Waals surface area contributed by atoms with E-state index in [1.54, 1.807) is 42.7 Å². The third-order valence-corrected chi connectivity index (χ3v) is 4.47. The highest BCUT2D eigenvalue weighted by Gasteiger charge is 2.43. The molecule has 0 saturated heterocycles. The summed E-state index contributed by atoms with van der Waals surface area (Å²) in [6.07, 6.45) is 3.10. The van der Waals surface area contributed by atoms with Crippen molar-refractivity contribution in [2.24, 2.45) is 0 Å². The number of ether oxygens (including phenoxy) is 1. The number of aliphatic hydroxyl groups is 1. The maximum absolute atomic E-state index is 12.6. The van der Waals surface area contributed by atoms with Crippen molar-refractivity contribution in [2.75, 3.05) is 18.1 Å². The first kappa shape index (κ1) is 17.8. The highest BCUT2D eigenvalue weighted by Crippen LogP contribution is 2.41. The number of rotatable bonds is 4. The number of aliphatic hydroxyl groups excluding tert-OH is 1. The molecule has 1 aliphatic rings. The second-order valence-corrected chi connectivity index (χ2v) is 6.53. The van der Waals surface area contributed by atoms with E-state index in [2.05, 4.69) is 4.98 Å². The molecule has 0 radical (unpaired) electrons. The molecule has 0 aliphatic carbocycles. The molecule has 2 aromatic rings. The predicted octanol–water partition coefficient (Wildman–Crippen LogP) is 2.07. The Morgan fingerprint density at radius 3 is 2.46 bits per heavy atom. The molecule has 3 N–H and O–H groups in total. The molecule has 0 unspecified atom stereocenters. The topological polar surface area (TPSA) is 110 Å². The number of carbonyl (C=O) groups is 1. The van der Waals surface area contributed by atoms with Crippen molar-refractivity contribution < 1.29 is 14.6 Å². The van der Waals surface area contributed by atoms with Gasteiger partial charge in [0.05, 0.1) is 12.0 Å². The first-order valence-electron chi connectivity index (χ1n) is 8.19. The number of β-amino-alcohol motifs (C(OH)–C–C–N with tert-alkyl or cyclic N) is 1. The SMILES string of the molecule is CC1(C)C(=O)N(CCO)c2cc(C(=N)OC(=N)c3ccncc3)ccc21. The number of anilines is 1. The quantitative estimate of drug-likeness (QED) is 0.578. The molecule has 0 atom stereocenters. The third-order valence-electron chi connectivity index (χ3n) is 4.47. The highest BCUT2D eigenvalue weighted by atomic mass is 16.5. The molecule has 134 valence electrons. The van der Waals surface area contributed by atoms with E-state index in [9.17, 15) is 9.90 Å². The maximum atomic E-state index is 12.6. The fourth-order valence-electron chi connectivity index (χ4n) is 3.03. The molecule has 7 heteroatoms. The number of carbonyl (C=O) groups excluding carboxylic acids is 1. The summed E-state index contributed by atoms with van der Waals surface area (Å²) in [4.78, 5) is 18.0. The van der Waals surface area contributed by atoms with Crippen molar-refractivity contribution in [3.63, 3.8) is 0 Å². The molecular formula is C19H20N4O3. The molecule has 1 amide bonds. The first-order chi connectivity index (χ1) is 12.4. The predicted molar refractivity (Wildman–Crippen MR) is 97.9 cm³/mol. The van der Waals surface area contributed by atoms with Gasteiger partial charge in [-0.25, -0.2) is 0 Å². The van der Waals surface area contributed by atoms with Crippen LogP contribution < -0.4 is 4.90 Å². The van der Waals surface area contributed by atoms with Gasteiger partial charge in [-0.3, -0.25) is 20.6 Å². The van der Waals surface area contributed by atoms with Gasteiger partial charge in [0, 0.05) is 35.8 Å². The maximum Gasteiger partial charge on any atom is 0.237 e. The molecule has 7 nitrogen and oxygen atoms in total. The van der Waals surface area contributed by atoms with Crippen molar-refractivity contribution in [1.29, 1.82) is 10.8 Å². The molecule has 2 heterocycles. The summed E-state index contributed by atoms with van der Waals surface area (Å²) < 4.78 is 5.34. The van der Waals surface area contributed by atoms with Crippen LogP contribution in [0.4, 0.5) is 5.69 Å². The van der Waals surface area contributed by atoms with Gasteiger partial charge in [0.1, 0.15) is 0 Å². The summed E-state index contributed by atoms with van der Waals surface area (Å²) in [7, 11) is 0. The minimum Gasteiger partial charge on any atom is -0.421 e. The molecule has 0 fully saturated rings. The monoisotopic (exact) mass is 352 g/mol. The van der Waals surface area contributed by atoms with E-state index in [0.717, 1.165) is 5.56 Å². The molecule has 1 aromatic heterocycles. The zero-order valence-corrected chi connectivity index (χ0v) is 14.6. The number of nitrogens with one attached hydrogen (secondary N) is 2. The second-order valence-electron chi connectivity index (χ2n) is 6.53. The Morgan fingerprint density at radius 2 is 1.81 bits per heavy atom. The first-order valence-corrected chi connectivity index (χ1v) is 8.19. The molecule has 1 aliphatic heterocycles. The minimum atomic E-state index is -0.685. The van der Waals surface area contributed by atoms with Crippen molar-refractivity contribution in [3.05, 3.63) is 59.4 Å². The number of nitrogens with zero attached hydrogens (tertiary/aromatic N) is 2. The number of amides is 1. The number of fused-ring (bicyclic) bond motifs is 1. The van der Waals surface area contributed by atoms with Crippen molar-refractivity contribution in [1.82, 2.24) is 4.98 Å². The van der Waals surface area contributed by atoms with Gasteiger partial charge >= 0.3 is 0 Å². The van der Waals surface area contributed by atoms with Crippen molar-refractivity contribution in [3.8, 4) is 0 Å². The van der Waals surface area contributed by atoms with E-state index in [4.69, 9.17) is 15.6 Å². The Morgan fingerprint density at radius 1 is 1.15 bits per heavy atom. The van der Waals surface area contributed by atoms with Crippen molar-refractivity contribution in [2.45, 2.75) is 19.3 Å². The number of hydrogen-bond donors (Lipinski definition) is 3. The summed E-state index contributed by atoms with van der Waals surface area (Å²) in [6.45, 7) is 3.73. The van der Waals surface area contributed by atoms with Gasteiger partial charge in [-0.05, 0) is 43.7 Å². The second kappa shape index (κ2) is 6.68. The van der Waals surface area contributed by atoms with E-state index in [1.165, 1.54) is 4.90 Å². The largest absolute Gasteiger partial charge is 0.421 e. The lowest BCUT2D eigenvalue weighted by Gasteiger charge is -2.19. The lowest BCUT2D eigenvalue weighted by atomic mass is 9.86. The Balaban J connectivity index is 1.88. The van der Waals surface area contributed by atoms with Crippen LogP contribution in [-0.2, 0) is 14.9 Å². The standard InChI is InChI=1S/C19H20N4O3/c1-19(2)14-4-3-13(11-15(14)23(9-10-24)18(19)25)17(21)26-16(20)12-5-7-22-8-6-12/h3-8,11,20-21,24H,9-10H2,1-2H3. The molecule has 1 aromatic carbocycles. The fraction of sp³-hybridized carbons (Fsp3) is 0.263. The Labute approximate surface area is 151 Å². The number of pyridine rings is 1. The Bertz CT molecular complexity index is 878. The average Bonchev–Trinajstić information content (AvgIpc) is 2.83. The lowest BCUT2D eigenvalue weighted by Crippen LogP contribution is -2.37. The van der Waals surface area contributed by atoms with E-state index in [1.807, 2.05) is 13.8 Å². The summed E-state index contributed by atoms with van der Waals surface area (Å²) >= 11 is 0. The lowest BCUT2D eigenvalue weighted by molar-refractivity contribution is -0.122. The van der Waals surface area contributed by atoms with Gasteiger partial charge in [0.2, 0.25) is 17.7 Å². The van der Waals surface area contributed by atoms with Crippen molar-refractivity contribution >= 4 is 23.4 Å². The summed E-state index contributed by atoms with van der Waals surface area (Å²) in [5.41, 5.74) is 1.79. The average molecular weight is 352 g/mol. The highest BCUT2D eigenvalue weighted by molar-refractivity contribution is 6.10. The molecular weight excluding hydrogens is 332 g/mol. The number of hydrogen-bond acceptors (Lipinski definition) is 6. The van der Waals surface area contributed by atoms with Crippen LogP contribution in [0.1, 0.15) is 30.5 Å². The van der Waals surface area contributed by atoms with Gasteiger partial charge < -0.3 is 14.7 Å². The third kappa shape index (κ3) is 2.97. The number of aromatic nitrogens is 1. The van der Waals surface area contributed by atoms with E-state index in [-0.39, 0.29) is 30.9 Å². The van der Waals surface area contributed by atoms with Crippen LogP contribution in [0.25, 0.3) is 0 Å². The smallest absolute Gasteiger partial charge is 0.237 e. The summed E-state index contributed by atoms with van der Waals surface area (Å²) in [5.74, 6) is -0.423. The van der Waals surface area contributed by atoms with Gasteiger partial charge in [-0.2, -0.15) is 0 Å². The van der Waals surface area contributed by atoms with Gasteiger partial charge in [0.15, 0.2) is 0 Å². The summed E-state index contributed by atoms with van der Waals surface area (Å²) in [5, 5.41) is 25.4. The molecule has 0 bridgehead atoms. The molecule has 3 rings (SSSR count). The van der Waals surface area contributed by atoms with Gasteiger partial charge in [0.25, 0.3) is 0 Å². The van der Waals surface area contributed by atoms with E-state index >= 15 is 0 Å². The normalized spacial score (nSPS) is 14.9. The summed E-state index contributed by atoms with van der Waals surface area (Å²) in [6, 6.07) is 8.46. The minimum absolute atomic E-state index is 0.0873.